The van der Waals surface area contributed by atoms with Gasteiger partial charge < -0.3 is 10.6 Å². The fraction of sp³-hybridized carbons (Fsp3) is 0.273. The number of carbonyl (C=O) groups excluding carboxylic acids is 1. The Balaban J connectivity index is 2.01. The first-order valence-corrected chi connectivity index (χ1v) is 5.49. The molecule has 1 aromatic rings. The second-order valence-corrected chi connectivity index (χ2v) is 3.91. The molecule has 16 heavy (non-hydrogen) atoms. The number of amides is 1. The van der Waals surface area contributed by atoms with Crippen LogP contribution in [0.4, 0.5) is 5.69 Å². The molecule has 0 atom stereocenters. The topological polar surface area (TPSA) is 53.5 Å². The number of carbonyl (C=O) groups is 1. The van der Waals surface area contributed by atoms with Gasteiger partial charge in [0.15, 0.2) is 5.84 Å². The summed E-state index contributed by atoms with van der Waals surface area (Å²) in [4.78, 5) is 15.8. The molecule has 84 valence electrons. The maximum absolute atomic E-state index is 11.7. The molecule has 2 rings (SSSR count). The summed E-state index contributed by atoms with van der Waals surface area (Å²) >= 11 is 5.75. The van der Waals surface area contributed by atoms with Crippen molar-refractivity contribution in [2.75, 3.05) is 18.4 Å². The highest BCUT2D eigenvalue weighted by molar-refractivity contribution is 6.42. The predicted molar refractivity (Wildman–Crippen MR) is 65.0 cm³/mol. The van der Waals surface area contributed by atoms with E-state index < -0.39 is 0 Å². The molecule has 0 aliphatic carbocycles. The molecular weight excluding hydrogens is 226 g/mol. The maximum atomic E-state index is 11.7. The van der Waals surface area contributed by atoms with Gasteiger partial charge in [-0.05, 0) is 30.7 Å². The predicted octanol–water partition coefficient (Wildman–Crippen LogP) is 1.67. The Morgan fingerprint density at radius 3 is 2.75 bits per heavy atom. The Bertz CT molecular complexity index is 414. The van der Waals surface area contributed by atoms with E-state index in [1.165, 1.54) is 0 Å². The van der Waals surface area contributed by atoms with Crippen LogP contribution in [0.15, 0.2) is 29.3 Å². The summed E-state index contributed by atoms with van der Waals surface area (Å²) in [5, 5.41) is 6.35. The number of anilines is 1. The third-order valence-electron chi connectivity index (χ3n) is 2.21. The first kappa shape index (κ1) is 11.0. The molecule has 1 aliphatic heterocycles. The largest absolute Gasteiger partial charge is 0.366 e. The van der Waals surface area contributed by atoms with E-state index in [1.54, 1.807) is 24.3 Å². The van der Waals surface area contributed by atoms with Crippen LogP contribution >= 0.6 is 11.6 Å². The van der Waals surface area contributed by atoms with Crippen LogP contribution < -0.4 is 10.6 Å². The zero-order valence-corrected chi connectivity index (χ0v) is 9.42. The minimum Gasteiger partial charge on any atom is -0.366 e. The lowest BCUT2D eigenvalue weighted by molar-refractivity contribution is -0.110. The molecule has 0 aromatic heterocycles. The molecule has 2 N–H and O–H groups in total. The molecule has 1 amide bonds. The standard InChI is InChI=1S/C11H12ClN3O/c12-8-2-4-9(5-3-8)15-11(16)10-13-6-1-7-14-10/h2-5H,1,6-7H2,(H,13,14)(H,15,16). The van der Waals surface area contributed by atoms with Gasteiger partial charge in [0.1, 0.15) is 0 Å². The fourth-order valence-electron chi connectivity index (χ4n) is 1.41. The summed E-state index contributed by atoms with van der Waals surface area (Å²) in [5.41, 5.74) is 0.712. The lowest BCUT2D eigenvalue weighted by atomic mass is 10.3. The van der Waals surface area contributed by atoms with Crippen molar-refractivity contribution in [2.24, 2.45) is 4.99 Å². The van der Waals surface area contributed by atoms with Crippen molar-refractivity contribution >= 4 is 29.0 Å². The van der Waals surface area contributed by atoms with Gasteiger partial charge in [0, 0.05) is 23.8 Å². The second-order valence-electron chi connectivity index (χ2n) is 3.47. The lowest BCUT2D eigenvalue weighted by Crippen LogP contribution is -2.39. The van der Waals surface area contributed by atoms with Crippen molar-refractivity contribution in [2.45, 2.75) is 6.42 Å². The van der Waals surface area contributed by atoms with Gasteiger partial charge in [0.05, 0.1) is 0 Å². The lowest BCUT2D eigenvalue weighted by Gasteiger charge is -2.13. The fourth-order valence-corrected chi connectivity index (χ4v) is 1.53. The van der Waals surface area contributed by atoms with Crippen molar-refractivity contribution in [1.29, 1.82) is 0 Å². The van der Waals surface area contributed by atoms with E-state index in [-0.39, 0.29) is 5.91 Å². The summed E-state index contributed by atoms with van der Waals surface area (Å²) in [5.74, 6) is 0.197. The van der Waals surface area contributed by atoms with Crippen LogP contribution in [0.5, 0.6) is 0 Å². The van der Waals surface area contributed by atoms with Crippen molar-refractivity contribution in [3.8, 4) is 0 Å². The van der Waals surface area contributed by atoms with Gasteiger partial charge in [0.25, 0.3) is 5.91 Å². The summed E-state index contributed by atoms with van der Waals surface area (Å²) in [6, 6.07) is 6.97. The second kappa shape index (κ2) is 4.99. The molecule has 0 bridgehead atoms. The Hall–Kier alpha value is -1.55. The van der Waals surface area contributed by atoms with Gasteiger partial charge in [-0.2, -0.15) is 0 Å². The SMILES string of the molecule is O=C(Nc1ccc(Cl)cc1)C1=NCCCN1. The quantitative estimate of drug-likeness (QED) is 0.822. The molecule has 1 aliphatic rings. The van der Waals surface area contributed by atoms with Crippen LogP contribution in [-0.4, -0.2) is 24.8 Å². The van der Waals surface area contributed by atoms with E-state index in [9.17, 15) is 4.79 Å². The average molecular weight is 238 g/mol. The van der Waals surface area contributed by atoms with Gasteiger partial charge in [-0.15, -0.1) is 0 Å². The molecule has 1 aromatic carbocycles. The van der Waals surface area contributed by atoms with Crippen molar-refractivity contribution in [1.82, 2.24) is 5.32 Å². The number of nitrogens with zero attached hydrogens (tertiary/aromatic N) is 1. The highest BCUT2D eigenvalue weighted by Gasteiger charge is 2.13. The van der Waals surface area contributed by atoms with Crippen LogP contribution in [-0.2, 0) is 4.79 Å². The summed E-state index contributed by atoms with van der Waals surface area (Å²) in [6.45, 7) is 1.50. The van der Waals surface area contributed by atoms with Crippen molar-refractivity contribution in [3.05, 3.63) is 29.3 Å². The van der Waals surface area contributed by atoms with Gasteiger partial charge in [-0.25, -0.2) is 0 Å². The number of hydrogen-bond acceptors (Lipinski definition) is 3. The Kier molecular flexibility index (Phi) is 3.41. The molecular formula is C11H12ClN3O. The molecule has 0 fully saturated rings. The minimum absolute atomic E-state index is 0.206. The normalized spacial score (nSPS) is 14.9. The average Bonchev–Trinajstić information content (AvgIpc) is 2.33. The van der Waals surface area contributed by atoms with Gasteiger partial charge in [0.2, 0.25) is 0 Å². The molecule has 0 spiro atoms. The van der Waals surface area contributed by atoms with E-state index in [1.807, 2.05) is 0 Å². The smallest absolute Gasteiger partial charge is 0.290 e. The van der Waals surface area contributed by atoms with E-state index in [2.05, 4.69) is 15.6 Å². The zero-order valence-electron chi connectivity index (χ0n) is 8.66. The van der Waals surface area contributed by atoms with E-state index in [0.717, 1.165) is 13.0 Å². The number of nitrogens with one attached hydrogen (secondary N) is 2. The van der Waals surface area contributed by atoms with Crippen LogP contribution in [0.25, 0.3) is 0 Å². The van der Waals surface area contributed by atoms with Gasteiger partial charge >= 0.3 is 0 Å². The molecule has 5 heteroatoms. The highest BCUT2D eigenvalue weighted by atomic mass is 35.5. The number of halogens is 1. The van der Waals surface area contributed by atoms with Crippen LogP contribution in [0.2, 0.25) is 5.02 Å². The maximum Gasteiger partial charge on any atom is 0.290 e. The number of amidine groups is 1. The van der Waals surface area contributed by atoms with Gasteiger partial charge in [-0.3, -0.25) is 9.79 Å². The minimum atomic E-state index is -0.206. The molecule has 0 radical (unpaired) electrons. The summed E-state index contributed by atoms with van der Waals surface area (Å²) in [6.07, 6.45) is 0.970. The zero-order chi connectivity index (χ0) is 11.4. The molecule has 0 unspecified atom stereocenters. The van der Waals surface area contributed by atoms with Crippen molar-refractivity contribution in [3.63, 3.8) is 0 Å². The Labute approximate surface area is 98.7 Å². The highest BCUT2D eigenvalue weighted by Crippen LogP contribution is 2.13. The molecule has 0 saturated heterocycles. The third kappa shape index (κ3) is 2.73. The first-order chi connectivity index (χ1) is 7.75. The van der Waals surface area contributed by atoms with Crippen LogP contribution in [0, 0.1) is 0 Å². The Morgan fingerprint density at radius 1 is 1.38 bits per heavy atom. The number of hydrogen-bond donors (Lipinski definition) is 2. The summed E-state index contributed by atoms with van der Waals surface area (Å²) in [7, 11) is 0. The Morgan fingerprint density at radius 2 is 2.12 bits per heavy atom. The monoisotopic (exact) mass is 237 g/mol. The summed E-state index contributed by atoms with van der Waals surface area (Å²) < 4.78 is 0. The number of rotatable bonds is 2. The number of benzene rings is 1. The number of aliphatic imine (C=N–C) groups is 1. The van der Waals surface area contributed by atoms with Crippen LogP contribution in [0.3, 0.4) is 0 Å². The third-order valence-corrected chi connectivity index (χ3v) is 2.47. The molecule has 4 nitrogen and oxygen atoms in total. The van der Waals surface area contributed by atoms with Crippen LogP contribution in [0.1, 0.15) is 6.42 Å². The van der Waals surface area contributed by atoms with E-state index in [0.29, 0.717) is 23.1 Å². The molecule has 1 heterocycles. The molecule has 0 saturated carbocycles. The van der Waals surface area contributed by atoms with E-state index in [4.69, 9.17) is 11.6 Å². The van der Waals surface area contributed by atoms with Crippen molar-refractivity contribution < 1.29 is 4.79 Å². The first-order valence-electron chi connectivity index (χ1n) is 5.11. The van der Waals surface area contributed by atoms with E-state index >= 15 is 0 Å². The van der Waals surface area contributed by atoms with Gasteiger partial charge in [-0.1, -0.05) is 11.6 Å².